The van der Waals surface area contributed by atoms with Gasteiger partial charge >= 0.3 is 0 Å². The fourth-order valence-electron chi connectivity index (χ4n) is 2.54. The van der Waals surface area contributed by atoms with Crippen LogP contribution in [0.2, 0.25) is 0 Å². The second kappa shape index (κ2) is 5.54. The van der Waals surface area contributed by atoms with Crippen LogP contribution in [-0.4, -0.2) is 13.1 Å². The summed E-state index contributed by atoms with van der Waals surface area (Å²) in [5, 5.41) is 16.3. The highest BCUT2D eigenvalue weighted by atomic mass is 15.1. The van der Waals surface area contributed by atoms with Crippen molar-refractivity contribution in [2.24, 2.45) is 5.11 Å². The summed E-state index contributed by atoms with van der Waals surface area (Å²) in [6.45, 7) is 0.883. The molecule has 0 saturated heterocycles. The first kappa shape index (κ1) is 12.4. The lowest BCUT2D eigenvalue weighted by molar-refractivity contribution is 0.371. The minimum Gasteiger partial charge on any atom is -0.296 e. The number of nitriles is 1. The number of fused-ring (bicyclic) bond motifs is 1. The van der Waals surface area contributed by atoms with Crippen LogP contribution in [-0.2, 0) is 12.0 Å². The molecule has 0 aromatic heterocycles. The number of hydrogen-bond donors (Lipinski definition) is 1. The van der Waals surface area contributed by atoms with E-state index in [9.17, 15) is 5.26 Å². The summed E-state index contributed by atoms with van der Waals surface area (Å²) >= 11 is 0. The maximum Gasteiger partial charge on any atom is 0.132 e. The molecule has 5 heteroatoms. The summed E-state index contributed by atoms with van der Waals surface area (Å²) in [6.07, 6.45) is 2.83. The Labute approximate surface area is 106 Å². The van der Waals surface area contributed by atoms with E-state index in [0.29, 0.717) is 13.1 Å². The largest absolute Gasteiger partial charge is 0.296 e. The van der Waals surface area contributed by atoms with Gasteiger partial charge in [-0.25, -0.2) is 0 Å². The highest BCUT2D eigenvalue weighted by Gasteiger charge is 2.35. The maximum absolute atomic E-state index is 9.53. The summed E-state index contributed by atoms with van der Waals surface area (Å²) in [5.74, 6) is 0. The van der Waals surface area contributed by atoms with Gasteiger partial charge in [0.1, 0.15) is 5.54 Å². The van der Waals surface area contributed by atoms with Crippen LogP contribution in [0.3, 0.4) is 0 Å². The Balaban J connectivity index is 2.23. The zero-order valence-electron chi connectivity index (χ0n) is 10.1. The van der Waals surface area contributed by atoms with Gasteiger partial charge in [0.2, 0.25) is 0 Å². The second-order valence-electron chi connectivity index (χ2n) is 4.41. The molecular weight excluding hydrogens is 226 g/mol. The lowest BCUT2D eigenvalue weighted by atomic mass is 9.77. The van der Waals surface area contributed by atoms with Gasteiger partial charge in [-0.1, -0.05) is 29.4 Å². The van der Waals surface area contributed by atoms with E-state index in [-0.39, 0.29) is 0 Å². The van der Waals surface area contributed by atoms with Crippen molar-refractivity contribution in [3.8, 4) is 6.07 Å². The molecule has 0 amide bonds. The Morgan fingerprint density at radius 3 is 3.11 bits per heavy atom. The Bertz CT molecular complexity index is 512. The molecule has 0 bridgehead atoms. The molecule has 0 heterocycles. The van der Waals surface area contributed by atoms with Crippen molar-refractivity contribution in [1.29, 1.82) is 5.26 Å². The molecule has 1 aromatic rings. The van der Waals surface area contributed by atoms with E-state index < -0.39 is 5.54 Å². The minimum atomic E-state index is -0.625. The van der Waals surface area contributed by atoms with Gasteiger partial charge in [0.05, 0.1) is 6.07 Å². The van der Waals surface area contributed by atoms with Crippen LogP contribution >= 0.6 is 0 Å². The predicted molar refractivity (Wildman–Crippen MR) is 68.7 cm³/mol. The Kier molecular flexibility index (Phi) is 3.83. The average Bonchev–Trinajstić information content (AvgIpc) is 2.44. The SMILES string of the molecule is N#CC1(NCCN=[N+]=[N-])CCCc2ccccc21. The van der Waals surface area contributed by atoms with Crippen molar-refractivity contribution in [2.75, 3.05) is 13.1 Å². The third-order valence-electron chi connectivity index (χ3n) is 3.37. The Morgan fingerprint density at radius 2 is 2.33 bits per heavy atom. The van der Waals surface area contributed by atoms with Gasteiger partial charge in [0, 0.05) is 18.0 Å². The number of nitrogens with zero attached hydrogens (tertiary/aromatic N) is 4. The molecule has 92 valence electrons. The first-order valence-corrected chi connectivity index (χ1v) is 6.08. The van der Waals surface area contributed by atoms with E-state index in [0.717, 1.165) is 24.8 Å². The molecule has 18 heavy (non-hydrogen) atoms. The summed E-state index contributed by atoms with van der Waals surface area (Å²) in [6, 6.07) is 10.5. The lowest BCUT2D eigenvalue weighted by Gasteiger charge is -2.34. The first-order valence-electron chi connectivity index (χ1n) is 6.08. The van der Waals surface area contributed by atoms with Gasteiger partial charge in [-0.05, 0) is 35.9 Å². The average molecular weight is 241 g/mol. The standard InChI is InChI=1S/C13H15N5/c14-10-13(16-8-9-17-18-15)7-3-5-11-4-1-2-6-12(11)13/h1-2,4,6,16H,3,5,7-9H2. The second-order valence-corrected chi connectivity index (χ2v) is 4.41. The zero-order valence-corrected chi connectivity index (χ0v) is 10.1. The predicted octanol–water partition coefficient (Wildman–Crippen LogP) is 2.64. The van der Waals surface area contributed by atoms with Crippen LogP contribution in [0.1, 0.15) is 24.0 Å². The third-order valence-corrected chi connectivity index (χ3v) is 3.37. The summed E-state index contributed by atoms with van der Waals surface area (Å²) in [4.78, 5) is 2.71. The molecule has 1 atom stereocenters. The van der Waals surface area contributed by atoms with Crippen LogP contribution in [0.5, 0.6) is 0 Å². The molecule has 1 unspecified atom stereocenters. The van der Waals surface area contributed by atoms with Crippen molar-refractivity contribution in [2.45, 2.75) is 24.8 Å². The fourth-order valence-corrected chi connectivity index (χ4v) is 2.54. The normalized spacial score (nSPS) is 21.5. The number of aryl methyl sites for hydroxylation is 1. The quantitative estimate of drug-likeness (QED) is 0.380. The van der Waals surface area contributed by atoms with E-state index in [4.69, 9.17) is 5.53 Å². The van der Waals surface area contributed by atoms with Crippen molar-refractivity contribution < 1.29 is 0 Å². The summed E-state index contributed by atoms with van der Waals surface area (Å²) in [7, 11) is 0. The Hall–Kier alpha value is -2.02. The third kappa shape index (κ3) is 2.30. The summed E-state index contributed by atoms with van der Waals surface area (Å²) in [5.41, 5.74) is 9.93. The molecule has 2 rings (SSSR count). The van der Waals surface area contributed by atoms with Crippen LogP contribution in [0.25, 0.3) is 10.4 Å². The van der Waals surface area contributed by atoms with E-state index in [1.807, 2.05) is 18.2 Å². The number of azide groups is 1. The molecule has 0 radical (unpaired) electrons. The molecule has 1 aromatic carbocycles. The van der Waals surface area contributed by atoms with Gasteiger partial charge < -0.3 is 0 Å². The van der Waals surface area contributed by atoms with Gasteiger partial charge in [0.15, 0.2) is 0 Å². The maximum atomic E-state index is 9.53. The number of rotatable bonds is 4. The number of nitrogens with one attached hydrogen (secondary N) is 1. The van der Waals surface area contributed by atoms with E-state index in [1.165, 1.54) is 5.56 Å². The monoisotopic (exact) mass is 241 g/mol. The molecule has 5 nitrogen and oxygen atoms in total. The number of hydrogen-bond acceptors (Lipinski definition) is 3. The lowest BCUT2D eigenvalue weighted by Crippen LogP contribution is -2.44. The van der Waals surface area contributed by atoms with Gasteiger partial charge in [-0.3, -0.25) is 5.32 Å². The van der Waals surface area contributed by atoms with Crippen molar-refractivity contribution >= 4 is 0 Å². The molecule has 0 aliphatic heterocycles. The molecule has 0 spiro atoms. The van der Waals surface area contributed by atoms with Crippen molar-refractivity contribution in [3.63, 3.8) is 0 Å². The zero-order chi connectivity index (χ0) is 12.8. The van der Waals surface area contributed by atoms with Crippen LogP contribution in [0.15, 0.2) is 29.4 Å². The molecular formula is C13H15N5. The van der Waals surface area contributed by atoms with Crippen LogP contribution in [0, 0.1) is 11.3 Å². The smallest absolute Gasteiger partial charge is 0.132 e. The van der Waals surface area contributed by atoms with E-state index >= 15 is 0 Å². The topological polar surface area (TPSA) is 84.6 Å². The highest BCUT2D eigenvalue weighted by molar-refractivity contribution is 5.40. The van der Waals surface area contributed by atoms with Gasteiger partial charge in [-0.2, -0.15) is 5.26 Å². The summed E-state index contributed by atoms with van der Waals surface area (Å²) < 4.78 is 0. The van der Waals surface area contributed by atoms with Crippen molar-refractivity contribution in [3.05, 3.63) is 45.8 Å². The molecule has 0 saturated carbocycles. The first-order chi connectivity index (χ1) is 8.82. The van der Waals surface area contributed by atoms with E-state index in [1.54, 1.807) is 0 Å². The van der Waals surface area contributed by atoms with Crippen molar-refractivity contribution in [1.82, 2.24) is 5.32 Å². The minimum absolute atomic E-state index is 0.363. The molecule has 0 fully saturated rings. The Morgan fingerprint density at radius 1 is 1.50 bits per heavy atom. The van der Waals surface area contributed by atoms with E-state index in [2.05, 4.69) is 27.5 Å². The fraction of sp³-hybridized carbons (Fsp3) is 0.462. The molecule has 1 aliphatic carbocycles. The van der Waals surface area contributed by atoms with Crippen LogP contribution < -0.4 is 5.32 Å². The van der Waals surface area contributed by atoms with Crippen LogP contribution in [0.4, 0.5) is 0 Å². The number of benzene rings is 1. The highest BCUT2D eigenvalue weighted by Crippen LogP contribution is 2.34. The molecule has 1 aliphatic rings. The molecule has 1 N–H and O–H groups in total. The van der Waals surface area contributed by atoms with Gasteiger partial charge in [0.25, 0.3) is 0 Å². The van der Waals surface area contributed by atoms with Gasteiger partial charge in [-0.15, -0.1) is 0 Å².